The van der Waals surface area contributed by atoms with E-state index in [1.165, 1.54) is 18.2 Å². The Morgan fingerprint density at radius 3 is 2.59 bits per heavy atom. The predicted molar refractivity (Wildman–Crippen MR) is 131 cm³/mol. The second-order valence-electron chi connectivity index (χ2n) is 8.44. The summed E-state index contributed by atoms with van der Waals surface area (Å²) in [6.45, 7) is 7.17. The largest absolute Gasteiger partial charge is 0.383 e. The lowest BCUT2D eigenvalue weighted by atomic mass is 10.1. The zero-order valence-electron chi connectivity index (χ0n) is 19.3. The third-order valence-corrected chi connectivity index (χ3v) is 6.09. The number of anilines is 2. The van der Waals surface area contributed by atoms with Crippen LogP contribution in [0.3, 0.4) is 0 Å². The fourth-order valence-electron chi connectivity index (χ4n) is 4.24. The number of hydrogen-bond acceptors (Lipinski definition) is 6. The molecule has 1 aromatic carbocycles. The molecule has 1 aliphatic rings. The van der Waals surface area contributed by atoms with Crippen molar-refractivity contribution in [3.05, 3.63) is 64.6 Å². The fourth-order valence-corrected chi connectivity index (χ4v) is 4.43. The van der Waals surface area contributed by atoms with Crippen molar-refractivity contribution in [1.29, 1.82) is 0 Å². The Hall–Kier alpha value is -3.04. The van der Waals surface area contributed by atoms with Crippen LogP contribution in [-0.4, -0.2) is 56.9 Å². The second-order valence-corrected chi connectivity index (χ2v) is 8.83. The van der Waals surface area contributed by atoms with Crippen molar-refractivity contribution in [2.75, 3.05) is 36.8 Å². The summed E-state index contributed by atoms with van der Waals surface area (Å²) in [7, 11) is 0. The first kappa shape index (κ1) is 24.1. The van der Waals surface area contributed by atoms with Crippen molar-refractivity contribution >= 4 is 29.2 Å². The molecule has 10 heteroatoms. The Balaban J connectivity index is 1.44. The van der Waals surface area contributed by atoms with E-state index in [1.807, 2.05) is 4.90 Å². The molecule has 1 fully saturated rings. The highest BCUT2D eigenvalue weighted by Crippen LogP contribution is 2.22. The number of benzene rings is 1. The van der Waals surface area contributed by atoms with Gasteiger partial charge >= 0.3 is 0 Å². The quantitative estimate of drug-likeness (QED) is 0.499. The number of nitrogens with zero attached hydrogens (tertiary/aromatic N) is 6. The molecule has 7 nitrogen and oxygen atoms in total. The Morgan fingerprint density at radius 2 is 1.91 bits per heavy atom. The summed E-state index contributed by atoms with van der Waals surface area (Å²) in [6, 6.07) is 5.40. The Bertz CT molecular complexity index is 1140. The van der Waals surface area contributed by atoms with Crippen LogP contribution in [0.5, 0.6) is 0 Å². The molecule has 1 saturated heterocycles. The van der Waals surface area contributed by atoms with Crippen LogP contribution < -0.4 is 10.6 Å². The summed E-state index contributed by atoms with van der Waals surface area (Å²) < 4.78 is 28.9. The summed E-state index contributed by atoms with van der Waals surface area (Å²) in [4.78, 5) is 12.9. The summed E-state index contributed by atoms with van der Waals surface area (Å²) in [6.07, 6.45) is 7.70. The number of hydrogen-bond donors (Lipinski definition) is 1. The molecule has 0 saturated carbocycles. The Labute approximate surface area is 202 Å². The molecule has 4 rings (SSSR count). The molecule has 3 aromatic rings. The molecule has 0 spiro atoms. The van der Waals surface area contributed by atoms with E-state index in [2.05, 4.69) is 46.0 Å². The van der Waals surface area contributed by atoms with Gasteiger partial charge in [-0.2, -0.15) is 15.1 Å². The lowest BCUT2D eigenvalue weighted by molar-refractivity contribution is 0.210. The number of rotatable bonds is 7. The Kier molecular flexibility index (Phi) is 7.43. The first-order valence-electron chi connectivity index (χ1n) is 11.3. The van der Waals surface area contributed by atoms with Crippen molar-refractivity contribution in [3.63, 3.8) is 0 Å². The zero-order valence-corrected chi connectivity index (χ0v) is 20.0. The molecule has 0 radical (unpaired) electrons. The van der Waals surface area contributed by atoms with Crippen LogP contribution in [0.2, 0.25) is 5.15 Å². The number of aromatic nitrogens is 4. The number of nitrogen functional groups attached to an aromatic ring is 1. The molecule has 3 heterocycles. The third kappa shape index (κ3) is 5.53. The topological polar surface area (TPSA) is 76.1 Å². The summed E-state index contributed by atoms with van der Waals surface area (Å²) in [5.74, 6) is -0.463. The van der Waals surface area contributed by atoms with Gasteiger partial charge in [0.1, 0.15) is 22.6 Å². The molecule has 2 N–H and O–H groups in total. The van der Waals surface area contributed by atoms with E-state index in [0.29, 0.717) is 30.5 Å². The van der Waals surface area contributed by atoms with Gasteiger partial charge in [0.15, 0.2) is 0 Å². The normalized spacial score (nSPS) is 17.1. The van der Waals surface area contributed by atoms with E-state index in [9.17, 15) is 8.78 Å². The van der Waals surface area contributed by atoms with Gasteiger partial charge in [0.05, 0.1) is 11.9 Å². The lowest BCUT2D eigenvalue weighted by Crippen LogP contribution is -2.51. The maximum Gasteiger partial charge on any atom is 0.254 e. The van der Waals surface area contributed by atoms with Gasteiger partial charge in [-0.05, 0) is 25.5 Å². The van der Waals surface area contributed by atoms with Gasteiger partial charge in [-0.25, -0.2) is 13.5 Å². The molecule has 180 valence electrons. The molecule has 2 aromatic heterocycles. The van der Waals surface area contributed by atoms with Crippen molar-refractivity contribution < 1.29 is 8.78 Å². The fraction of sp³-hybridized carbons (Fsp3) is 0.375. The van der Waals surface area contributed by atoms with Crippen LogP contribution in [0.15, 0.2) is 36.5 Å². The minimum Gasteiger partial charge on any atom is -0.383 e. The highest BCUT2D eigenvalue weighted by molar-refractivity contribution is 6.29. The van der Waals surface area contributed by atoms with E-state index < -0.39 is 11.6 Å². The second kappa shape index (κ2) is 10.5. The van der Waals surface area contributed by atoms with Crippen molar-refractivity contribution in [3.8, 4) is 5.95 Å². The van der Waals surface area contributed by atoms with E-state index in [-0.39, 0.29) is 11.2 Å². The Morgan fingerprint density at radius 1 is 1.15 bits per heavy atom. The van der Waals surface area contributed by atoms with Crippen molar-refractivity contribution in [2.24, 2.45) is 0 Å². The molecular formula is C24H28ClF2N7. The average Bonchev–Trinajstić information content (AvgIpc) is 3.16. The maximum absolute atomic E-state index is 13.6. The molecule has 0 bridgehead atoms. The van der Waals surface area contributed by atoms with Gasteiger partial charge in [0, 0.05) is 55.6 Å². The molecule has 0 unspecified atom stereocenters. The standard InChI is InChI=1S/C24H28ClF2N7/c1-3-5-21-17(14-29-34(21)24-30-22(25)13-23(28)31-24)6-4-7-32-8-9-33(15-16(32)2)20-11-18(26)10-19(27)12-20/h4,6,10-14,16H,3,5,7-9,15H2,1-2H3,(H2,28,30,31)/t16-/m1/s1. The minimum atomic E-state index is -0.553. The average molecular weight is 488 g/mol. The van der Waals surface area contributed by atoms with E-state index in [0.717, 1.165) is 43.3 Å². The first-order chi connectivity index (χ1) is 16.3. The van der Waals surface area contributed by atoms with E-state index in [1.54, 1.807) is 10.9 Å². The van der Waals surface area contributed by atoms with Crippen LogP contribution in [0.25, 0.3) is 12.0 Å². The SMILES string of the molecule is CCCc1c(C=CCN2CCN(c3cc(F)cc(F)c3)C[C@H]2C)cnn1-c1nc(N)cc(Cl)n1. The van der Waals surface area contributed by atoms with Crippen LogP contribution in [0, 0.1) is 11.6 Å². The van der Waals surface area contributed by atoms with Gasteiger partial charge in [0.25, 0.3) is 5.95 Å². The molecular weight excluding hydrogens is 460 g/mol. The predicted octanol–water partition coefficient (Wildman–Crippen LogP) is 4.35. The van der Waals surface area contributed by atoms with E-state index in [4.69, 9.17) is 17.3 Å². The molecule has 1 aliphatic heterocycles. The van der Waals surface area contributed by atoms with Crippen molar-refractivity contribution in [1.82, 2.24) is 24.6 Å². The van der Waals surface area contributed by atoms with Gasteiger partial charge in [-0.1, -0.05) is 37.1 Å². The molecule has 0 aliphatic carbocycles. The highest BCUT2D eigenvalue weighted by atomic mass is 35.5. The van der Waals surface area contributed by atoms with Crippen LogP contribution in [-0.2, 0) is 6.42 Å². The minimum absolute atomic E-state index is 0.227. The maximum atomic E-state index is 13.6. The van der Waals surface area contributed by atoms with E-state index >= 15 is 0 Å². The van der Waals surface area contributed by atoms with Gasteiger partial charge in [0.2, 0.25) is 0 Å². The monoisotopic (exact) mass is 487 g/mol. The highest BCUT2D eigenvalue weighted by Gasteiger charge is 2.23. The first-order valence-corrected chi connectivity index (χ1v) is 11.7. The molecule has 1 atom stereocenters. The number of piperazine rings is 1. The van der Waals surface area contributed by atoms with Crippen molar-refractivity contribution in [2.45, 2.75) is 32.7 Å². The lowest BCUT2D eigenvalue weighted by Gasteiger charge is -2.40. The number of nitrogens with two attached hydrogens (primary N) is 1. The van der Waals surface area contributed by atoms with Gasteiger partial charge in [-0.3, -0.25) is 4.90 Å². The summed E-state index contributed by atoms with van der Waals surface area (Å²) in [5, 5.41) is 4.74. The number of halogens is 3. The third-order valence-electron chi connectivity index (χ3n) is 5.90. The van der Waals surface area contributed by atoms with Crippen LogP contribution in [0.1, 0.15) is 31.5 Å². The zero-order chi connectivity index (χ0) is 24.2. The smallest absolute Gasteiger partial charge is 0.254 e. The van der Waals surface area contributed by atoms with Gasteiger partial charge < -0.3 is 10.6 Å². The van der Waals surface area contributed by atoms with Crippen LogP contribution in [0.4, 0.5) is 20.3 Å². The van der Waals surface area contributed by atoms with Crippen LogP contribution >= 0.6 is 11.6 Å². The van der Waals surface area contributed by atoms with Gasteiger partial charge in [-0.15, -0.1) is 0 Å². The molecule has 0 amide bonds. The summed E-state index contributed by atoms with van der Waals surface area (Å²) >= 11 is 6.05. The summed E-state index contributed by atoms with van der Waals surface area (Å²) in [5.41, 5.74) is 8.39. The molecule has 34 heavy (non-hydrogen) atoms.